The quantitative estimate of drug-likeness (QED) is 0.486. The molecule has 4 heterocycles. The number of hydrogen-bond donors (Lipinski definition) is 4. The van der Waals surface area contributed by atoms with Gasteiger partial charge in [0.15, 0.2) is 0 Å². The Labute approximate surface area is 192 Å². The summed E-state index contributed by atoms with van der Waals surface area (Å²) >= 11 is 0. The zero-order chi connectivity index (χ0) is 22.4. The van der Waals surface area contributed by atoms with Gasteiger partial charge in [0, 0.05) is 29.2 Å². The summed E-state index contributed by atoms with van der Waals surface area (Å²) in [7, 11) is 0. The number of benzene rings is 1. The van der Waals surface area contributed by atoms with Crippen LogP contribution in [0.1, 0.15) is 40.8 Å². The van der Waals surface area contributed by atoms with E-state index in [1.807, 2.05) is 42.4 Å². The fraction of sp³-hybridized carbons (Fsp3) is 0.240. The van der Waals surface area contributed by atoms with Crippen molar-refractivity contribution in [3.8, 4) is 11.4 Å². The minimum absolute atomic E-state index is 0.0873. The van der Waals surface area contributed by atoms with Crippen molar-refractivity contribution < 1.29 is 0 Å². The first-order chi connectivity index (χ1) is 16.2. The average Bonchev–Trinajstić information content (AvgIpc) is 3.56. The van der Waals surface area contributed by atoms with Crippen molar-refractivity contribution in [2.24, 2.45) is 10.7 Å². The predicted octanol–water partition coefficient (Wildman–Crippen LogP) is 3.43. The number of nitrogens with one attached hydrogen (secondary N) is 3. The molecule has 33 heavy (non-hydrogen) atoms. The summed E-state index contributed by atoms with van der Waals surface area (Å²) in [6.45, 7) is 3.14. The lowest BCUT2D eigenvalue weighted by Crippen LogP contribution is -2.32. The molecule has 2 aromatic heterocycles. The number of nitrogens with zero attached hydrogens (tertiary/aromatic N) is 4. The van der Waals surface area contributed by atoms with E-state index in [1.54, 1.807) is 0 Å². The number of allylic oxidation sites excluding steroid dienone is 2. The van der Waals surface area contributed by atoms with Crippen molar-refractivity contribution in [3.63, 3.8) is 0 Å². The second-order valence-corrected chi connectivity index (χ2v) is 8.57. The van der Waals surface area contributed by atoms with Crippen LogP contribution in [-0.4, -0.2) is 32.5 Å². The molecule has 0 fully saturated rings. The molecule has 0 amide bonds. The molecular weight excluding hydrogens is 412 g/mol. The lowest BCUT2D eigenvalue weighted by molar-refractivity contribution is 0.454. The first kappa shape index (κ1) is 19.9. The minimum atomic E-state index is 0.0873. The molecule has 1 atom stereocenters. The summed E-state index contributed by atoms with van der Waals surface area (Å²) in [5.74, 6) is 1.75. The van der Waals surface area contributed by atoms with E-state index in [0.29, 0.717) is 13.2 Å². The van der Waals surface area contributed by atoms with E-state index in [1.165, 1.54) is 11.1 Å². The second kappa shape index (κ2) is 7.99. The van der Waals surface area contributed by atoms with E-state index in [9.17, 15) is 0 Å². The fourth-order valence-electron chi connectivity index (χ4n) is 4.72. The summed E-state index contributed by atoms with van der Waals surface area (Å²) < 4.78 is 0. The molecule has 1 aromatic carbocycles. The molecule has 2 aliphatic heterocycles. The van der Waals surface area contributed by atoms with Gasteiger partial charge in [0.05, 0.1) is 23.6 Å². The van der Waals surface area contributed by atoms with Gasteiger partial charge in [-0.25, -0.2) is 15.4 Å². The van der Waals surface area contributed by atoms with Crippen LogP contribution in [0, 0.1) is 6.92 Å². The number of hydrogen-bond acceptors (Lipinski definition) is 7. The molecule has 8 heteroatoms. The number of aliphatic imine (C=N–C) groups is 1. The van der Waals surface area contributed by atoms with Gasteiger partial charge in [0.2, 0.25) is 0 Å². The van der Waals surface area contributed by atoms with E-state index in [2.05, 4.69) is 45.0 Å². The monoisotopic (exact) mass is 438 g/mol. The van der Waals surface area contributed by atoms with Crippen LogP contribution in [0.3, 0.4) is 0 Å². The van der Waals surface area contributed by atoms with Crippen LogP contribution < -0.4 is 16.5 Å². The van der Waals surface area contributed by atoms with Gasteiger partial charge in [-0.2, -0.15) is 0 Å². The number of H-pyrrole nitrogens is 1. The van der Waals surface area contributed by atoms with Gasteiger partial charge in [-0.05, 0) is 61.2 Å². The third kappa shape index (κ3) is 3.63. The number of aromatic nitrogens is 3. The Morgan fingerprint density at radius 3 is 2.97 bits per heavy atom. The highest BCUT2D eigenvalue weighted by molar-refractivity contribution is 6.00. The van der Waals surface area contributed by atoms with Crippen LogP contribution in [-0.2, 0) is 13.0 Å². The van der Waals surface area contributed by atoms with Crippen molar-refractivity contribution in [1.82, 2.24) is 25.4 Å². The highest BCUT2D eigenvalue weighted by Gasteiger charge is 2.24. The third-order valence-corrected chi connectivity index (χ3v) is 6.32. The molecule has 1 aliphatic carbocycles. The summed E-state index contributed by atoms with van der Waals surface area (Å²) in [5.41, 5.74) is 17.9. The molecule has 8 nitrogen and oxygen atoms in total. The first-order valence-corrected chi connectivity index (χ1v) is 11.3. The van der Waals surface area contributed by atoms with E-state index in [4.69, 9.17) is 15.7 Å². The Morgan fingerprint density at radius 1 is 1.15 bits per heavy atom. The molecule has 6 rings (SSSR count). The molecule has 0 saturated heterocycles. The van der Waals surface area contributed by atoms with Gasteiger partial charge in [-0.3, -0.25) is 9.99 Å². The molecular formula is C25H26N8. The number of amidine groups is 1. The summed E-state index contributed by atoms with van der Waals surface area (Å²) in [6.07, 6.45) is 8.12. The molecule has 3 aromatic rings. The van der Waals surface area contributed by atoms with Crippen molar-refractivity contribution >= 4 is 17.1 Å². The minimum Gasteiger partial charge on any atom is -0.378 e. The van der Waals surface area contributed by atoms with Crippen LogP contribution >= 0.6 is 0 Å². The molecule has 0 bridgehead atoms. The van der Waals surface area contributed by atoms with Gasteiger partial charge >= 0.3 is 0 Å². The normalized spacial score (nSPS) is 18.7. The Hall–Kier alpha value is -3.75. The number of pyridine rings is 1. The fourth-order valence-corrected chi connectivity index (χ4v) is 4.72. The maximum atomic E-state index is 6.37. The number of fused-ring (bicyclic) bond motifs is 2. The molecule has 5 N–H and O–H groups in total. The van der Waals surface area contributed by atoms with Crippen LogP contribution in [0.15, 0.2) is 59.7 Å². The number of imidazole rings is 1. The topological polar surface area (TPSA) is 107 Å². The number of rotatable bonds is 5. The molecule has 166 valence electrons. The van der Waals surface area contributed by atoms with Gasteiger partial charge in [0.25, 0.3) is 0 Å². The van der Waals surface area contributed by atoms with Crippen LogP contribution in [0.2, 0.25) is 0 Å². The lowest BCUT2D eigenvalue weighted by Gasteiger charge is -2.18. The second-order valence-electron chi connectivity index (χ2n) is 8.57. The largest absolute Gasteiger partial charge is 0.378 e. The zero-order valence-corrected chi connectivity index (χ0v) is 18.5. The average molecular weight is 439 g/mol. The van der Waals surface area contributed by atoms with Crippen LogP contribution in [0.5, 0.6) is 0 Å². The van der Waals surface area contributed by atoms with E-state index in [0.717, 1.165) is 58.5 Å². The maximum absolute atomic E-state index is 6.37. The number of aryl methyl sites for hydroxylation is 2. The van der Waals surface area contributed by atoms with Crippen LogP contribution in [0.4, 0.5) is 5.69 Å². The van der Waals surface area contributed by atoms with E-state index < -0.39 is 0 Å². The molecule has 0 spiro atoms. The van der Waals surface area contributed by atoms with Gasteiger partial charge in [-0.1, -0.05) is 18.2 Å². The van der Waals surface area contributed by atoms with Gasteiger partial charge in [0.1, 0.15) is 18.3 Å². The molecule has 1 unspecified atom stereocenters. The number of aromatic amines is 1. The predicted molar refractivity (Wildman–Crippen MR) is 130 cm³/mol. The highest BCUT2D eigenvalue weighted by atomic mass is 15.6. The van der Waals surface area contributed by atoms with Crippen LogP contribution in [0.25, 0.3) is 17.0 Å². The molecule has 0 radical (unpaired) electrons. The standard InChI is InChI=1S/C25H26N8/c1-15-4-2-7-20(30-15)25-24(17-9-11-22-28-14-29-33(22)13-17)31-21(32-25)12-27-19-6-3-5-16-8-10-18(26)23(16)19/h2-7,9,11,13,18,27,29H,8,10,12,14,26H2,1H3,(H,31,32). The van der Waals surface area contributed by atoms with Gasteiger partial charge in [-0.15, -0.1) is 0 Å². The van der Waals surface area contributed by atoms with Crippen molar-refractivity contribution in [2.45, 2.75) is 32.4 Å². The van der Waals surface area contributed by atoms with E-state index >= 15 is 0 Å². The van der Waals surface area contributed by atoms with Crippen molar-refractivity contribution in [2.75, 3.05) is 12.0 Å². The zero-order valence-electron chi connectivity index (χ0n) is 18.5. The molecule has 3 aliphatic rings. The summed E-state index contributed by atoms with van der Waals surface area (Å²) in [5, 5.41) is 5.50. The number of hydrazine groups is 1. The first-order valence-electron chi connectivity index (χ1n) is 11.3. The number of nitrogens with two attached hydrogens (primary N) is 1. The third-order valence-electron chi connectivity index (χ3n) is 6.32. The van der Waals surface area contributed by atoms with Gasteiger partial charge < -0.3 is 16.0 Å². The molecule has 0 saturated carbocycles. The van der Waals surface area contributed by atoms with Crippen molar-refractivity contribution in [1.29, 1.82) is 0 Å². The Balaban J connectivity index is 1.35. The number of anilines is 1. The highest BCUT2D eigenvalue weighted by Crippen LogP contribution is 2.35. The lowest BCUT2D eigenvalue weighted by atomic mass is 10.1. The Bertz CT molecular complexity index is 1320. The SMILES string of the molecule is Cc1cccc(-c2[nH]c(CNc3cccc4c3C(N)CC4)nc2C2=CN3NCN=C3C=C2)n1. The maximum Gasteiger partial charge on any atom is 0.143 e. The van der Waals surface area contributed by atoms with E-state index in [-0.39, 0.29) is 6.04 Å². The Morgan fingerprint density at radius 2 is 2.06 bits per heavy atom. The Kier molecular flexibility index (Phi) is 4.82. The summed E-state index contributed by atoms with van der Waals surface area (Å²) in [6, 6.07) is 12.5. The smallest absolute Gasteiger partial charge is 0.143 e. The summed E-state index contributed by atoms with van der Waals surface area (Å²) in [4.78, 5) is 17.7. The van der Waals surface area contributed by atoms with Crippen molar-refractivity contribution in [3.05, 3.63) is 83.1 Å².